The lowest BCUT2D eigenvalue weighted by Crippen LogP contribution is -2.46. The van der Waals surface area contributed by atoms with Crippen LogP contribution in [-0.4, -0.2) is 29.0 Å². The molecule has 0 unspecified atom stereocenters. The molecule has 2 atom stereocenters. The fraction of sp³-hybridized carbons (Fsp3) is 0.562. The second-order valence-corrected chi connectivity index (χ2v) is 6.57. The molecule has 1 heterocycles. The van der Waals surface area contributed by atoms with Crippen molar-refractivity contribution in [3.63, 3.8) is 0 Å². The summed E-state index contributed by atoms with van der Waals surface area (Å²) in [5.74, 6) is 1.66. The lowest BCUT2D eigenvalue weighted by Gasteiger charge is -2.41. The number of hydrogen-bond acceptors (Lipinski definition) is 2. The summed E-state index contributed by atoms with van der Waals surface area (Å²) < 4.78 is 0. The summed E-state index contributed by atoms with van der Waals surface area (Å²) in [4.78, 5) is 14.4. The molecule has 2 fully saturated rings. The molecular weight excluding hydrogens is 274 g/mol. The van der Waals surface area contributed by atoms with Gasteiger partial charge in [0.1, 0.15) is 5.75 Å². The minimum atomic E-state index is 0.0652. The molecule has 0 spiro atoms. The number of carbonyl (C=O) groups is 1. The monoisotopic (exact) mass is 293 g/mol. The van der Waals surface area contributed by atoms with Gasteiger partial charge in [-0.25, -0.2) is 0 Å². The van der Waals surface area contributed by atoms with Gasteiger partial charge in [-0.2, -0.15) is 0 Å². The highest BCUT2D eigenvalue weighted by Crippen LogP contribution is 2.34. The van der Waals surface area contributed by atoms with E-state index in [1.54, 1.807) is 18.2 Å². The summed E-state index contributed by atoms with van der Waals surface area (Å²) in [7, 11) is 0. The van der Waals surface area contributed by atoms with Gasteiger partial charge in [-0.3, -0.25) is 4.79 Å². The molecule has 4 heteroatoms. The molecule has 0 radical (unpaired) electrons. The van der Waals surface area contributed by atoms with E-state index in [0.29, 0.717) is 23.3 Å². The summed E-state index contributed by atoms with van der Waals surface area (Å²) in [5, 5.41) is 9.72. The van der Waals surface area contributed by atoms with E-state index in [2.05, 4.69) is 0 Å². The van der Waals surface area contributed by atoms with E-state index >= 15 is 0 Å². The zero-order valence-electron chi connectivity index (χ0n) is 11.5. The molecule has 3 rings (SSSR count). The van der Waals surface area contributed by atoms with Crippen molar-refractivity contribution in [2.75, 3.05) is 13.1 Å². The molecule has 2 bridgehead atoms. The third-order valence-corrected chi connectivity index (χ3v) is 4.87. The van der Waals surface area contributed by atoms with Crippen LogP contribution < -0.4 is 0 Å². The van der Waals surface area contributed by atoms with Crippen LogP contribution in [0.4, 0.5) is 0 Å². The highest BCUT2D eigenvalue weighted by atomic mass is 35.5. The number of phenols is 1. The van der Waals surface area contributed by atoms with Crippen LogP contribution in [-0.2, 0) is 11.2 Å². The standard InChI is InChI=1S/C16H20ClNO2/c17-14-7-11(4-5-15(14)19)8-16(20)18-9-12-2-1-3-13(6-12)10-18/h4-5,7,12-13,19H,1-3,6,8-10H2/t12-,13-/m1/s1. The van der Waals surface area contributed by atoms with Crippen molar-refractivity contribution in [3.05, 3.63) is 28.8 Å². The first-order chi connectivity index (χ1) is 9.61. The minimum Gasteiger partial charge on any atom is -0.506 e. The first-order valence-electron chi connectivity index (χ1n) is 7.37. The maximum Gasteiger partial charge on any atom is 0.227 e. The molecule has 1 aliphatic carbocycles. The number of amides is 1. The van der Waals surface area contributed by atoms with Crippen LogP contribution in [0.25, 0.3) is 0 Å². The number of nitrogens with zero attached hydrogens (tertiary/aromatic N) is 1. The number of hydrogen-bond donors (Lipinski definition) is 1. The van der Waals surface area contributed by atoms with E-state index in [9.17, 15) is 9.90 Å². The number of aromatic hydroxyl groups is 1. The average molecular weight is 294 g/mol. The molecule has 1 aromatic carbocycles. The van der Waals surface area contributed by atoms with Crippen LogP contribution in [0.5, 0.6) is 5.75 Å². The minimum absolute atomic E-state index is 0.0652. The van der Waals surface area contributed by atoms with Crippen LogP contribution in [0.1, 0.15) is 31.2 Å². The Balaban J connectivity index is 1.65. The van der Waals surface area contributed by atoms with Crippen LogP contribution in [0, 0.1) is 11.8 Å². The van der Waals surface area contributed by atoms with Gasteiger partial charge in [0.25, 0.3) is 0 Å². The predicted molar refractivity (Wildman–Crippen MR) is 78.8 cm³/mol. The third-order valence-electron chi connectivity index (χ3n) is 4.57. The van der Waals surface area contributed by atoms with E-state index in [1.807, 2.05) is 4.90 Å². The molecule has 1 N–H and O–H groups in total. The number of benzene rings is 1. The fourth-order valence-corrected chi connectivity index (χ4v) is 3.79. The van der Waals surface area contributed by atoms with Crippen LogP contribution in [0.2, 0.25) is 5.02 Å². The number of carbonyl (C=O) groups excluding carboxylic acids is 1. The Morgan fingerprint density at radius 2 is 2.00 bits per heavy atom. The topological polar surface area (TPSA) is 40.5 Å². The van der Waals surface area contributed by atoms with Gasteiger partial charge in [0.05, 0.1) is 11.4 Å². The summed E-state index contributed by atoms with van der Waals surface area (Å²) in [6.07, 6.45) is 5.54. The van der Waals surface area contributed by atoms with Gasteiger partial charge >= 0.3 is 0 Å². The maximum absolute atomic E-state index is 12.4. The summed E-state index contributed by atoms with van der Waals surface area (Å²) in [6, 6.07) is 5.00. The normalized spacial score (nSPS) is 25.6. The third kappa shape index (κ3) is 2.93. The van der Waals surface area contributed by atoms with Gasteiger partial charge in [0.2, 0.25) is 5.91 Å². The molecular formula is C16H20ClNO2. The fourth-order valence-electron chi connectivity index (χ4n) is 3.58. The molecule has 1 amide bonds. The van der Waals surface area contributed by atoms with Gasteiger partial charge in [-0.1, -0.05) is 24.1 Å². The van der Waals surface area contributed by atoms with Gasteiger partial charge in [-0.15, -0.1) is 0 Å². The van der Waals surface area contributed by atoms with E-state index in [1.165, 1.54) is 25.7 Å². The second-order valence-electron chi connectivity index (χ2n) is 6.16. The summed E-state index contributed by atoms with van der Waals surface area (Å²) in [5.41, 5.74) is 0.869. The molecule has 1 saturated carbocycles. The van der Waals surface area contributed by atoms with Gasteiger partial charge in [-0.05, 0) is 48.8 Å². The van der Waals surface area contributed by atoms with Crippen LogP contribution >= 0.6 is 11.6 Å². The number of piperidine rings is 1. The van der Waals surface area contributed by atoms with Gasteiger partial charge < -0.3 is 10.0 Å². The molecule has 108 valence electrons. The Morgan fingerprint density at radius 3 is 2.65 bits per heavy atom. The Hall–Kier alpha value is -1.22. The Kier molecular flexibility index (Phi) is 3.88. The van der Waals surface area contributed by atoms with E-state index < -0.39 is 0 Å². The van der Waals surface area contributed by atoms with Gasteiger partial charge in [0, 0.05) is 13.1 Å². The number of likely N-dealkylation sites (tertiary alicyclic amines) is 1. The van der Waals surface area contributed by atoms with Crippen molar-refractivity contribution in [3.8, 4) is 5.75 Å². The highest BCUT2D eigenvalue weighted by molar-refractivity contribution is 6.32. The Labute approximate surface area is 124 Å². The summed E-state index contributed by atoms with van der Waals surface area (Å²) in [6.45, 7) is 1.84. The SMILES string of the molecule is O=C(Cc1ccc(O)c(Cl)c1)N1C[C@@H]2CCC[C@H](C2)C1. The first kappa shape index (κ1) is 13.7. The Morgan fingerprint density at radius 1 is 1.30 bits per heavy atom. The molecule has 1 aromatic rings. The maximum atomic E-state index is 12.4. The van der Waals surface area contributed by atoms with E-state index in [0.717, 1.165) is 18.7 Å². The van der Waals surface area contributed by atoms with Crippen molar-refractivity contribution in [1.29, 1.82) is 0 Å². The first-order valence-corrected chi connectivity index (χ1v) is 7.75. The molecule has 2 aliphatic rings. The number of fused-ring (bicyclic) bond motifs is 2. The van der Waals surface area contributed by atoms with Crippen LogP contribution in [0.15, 0.2) is 18.2 Å². The zero-order valence-corrected chi connectivity index (χ0v) is 12.3. The second kappa shape index (κ2) is 5.65. The van der Waals surface area contributed by atoms with Crippen molar-refractivity contribution in [2.24, 2.45) is 11.8 Å². The lowest BCUT2D eigenvalue weighted by molar-refractivity contribution is -0.134. The molecule has 0 aromatic heterocycles. The number of phenolic OH excluding ortho intramolecular Hbond substituents is 1. The quantitative estimate of drug-likeness (QED) is 0.909. The average Bonchev–Trinajstić information content (AvgIpc) is 2.42. The largest absolute Gasteiger partial charge is 0.506 e. The van der Waals surface area contributed by atoms with Crippen molar-refractivity contribution >= 4 is 17.5 Å². The Bertz CT molecular complexity index is 505. The number of rotatable bonds is 2. The predicted octanol–water partition coefficient (Wildman–Crippen LogP) is 3.24. The van der Waals surface area contributed by atoms with E-state index in [4.69, 9.17) is 11.6 Å². The molecule has 1 saturated heterocycles. The van der Waals surface area contributed by atoms with Crippen LogP contribution in [0.3, 0.4) is 0 Å². The van der Waals surface area contributed by atoms with Crippen molar-refractivity contribution < 1.29 is 9.90 Å². The van der Waals surface area contributed by atoms with E-state index in [-0.39, 0.29) is 11.7 Å². The molecule has 20 heavy (non-hydrogen) atoms. The van der Waals surface area contributed by atoms with Gasteiger partial charge in [0.15, 0.2) is 0 Å². The summed E-state index contributed by atoms with van der Waals surface area (Å²) >= 11 is 5.89. The number of halogens is 1. The van der Waals surface area contributed by atoms with Crippen molar-refractivity contribution in [2.45, 2.75) is 32.1 Å². The smallest absolute Gasteiger partial charge is 0.227 e. The highest BCUT2D eigenvalue weighted by Gasteiger charge is 2.32. The van der Waals surface area contributed by atoms with Crippen molar-refractivity contribution in [1.82, 2.24) is 4.90 Å². The lowest BCUT2D eigenvalue weighted by atomic mass is 9.78. The molecule has 1 aliphatic heterocycles. The molecule has 3 nitrogen and oxygen atoms in total. The zero-order chi connectivity index (χ0) is 14.1.